The van der Waals surface area contributed by atoms with Crippen LogP contribution in [0.3, 0.4) is 0 Å². The van der Waals surface area contributed by atoms with Crippen molar-refractivity contribution in [2.45, 2.75) is 58.2 Å². The van der Waals surface area contributed by atoms with Crippen LogP contribution in [-0.4, -0.2) is 23.6 Å². The molecule has 1 aromatic rings. The Hall–Kier alpha value is -2.04. The first-order chi connectivity index (χ1) is 10.8. The average Bonchev–Trinajstić information content (AvgIpc) is 3.28. The first-order valence-corrected chi connectivity index (χ1v) is 8.11. The normalized spacial score (nSPS) is 17.0. The van der Waals surface area contributed by atoms with Crippen molar-refractivity contribution in [1.29, 1.82) is 0 Å². The molecule has 2 atom stereocenters. The van der Waals surface area contributed by atoms with Gasteiger partial charge in [-0.25, -0.2) is 4.79 Å². The molecule has 0 bridgehead atoms. The zero-order chi connectivity index (χ0) is 17.0. The molecule has 1 aromatic carbocycles. The number of hydrogen-bond acceptors (Lipinski definition) is 3. The molecule has 0 aromatic heterocycles. The molecule has 126 valence electrons. The van der Waals surface area contributed by atoms with Crippen molar-refractivity contribution in [2.24, 2.45) is 5.92 Å². The third kappa shape index (κ3) is 5.58. The van der Waals surface area contributed by atoms with Gasteiger partial charge in [0.15, 0.2) is 0 Å². The predicted molar refractivity (Wildman–Crippen MR) is 88.9 cm³/mol. The van der Waals surface area contributed by atoms with Gasteiger partial charge in [-0.3, -0.25) is 4.79 Å². The Morgan fingerprint density at radius 2 is 1.74 bits per heavy atom. The monoisotopic (exact) mass is 318 g/mol. The molecule has 2 N–H and O–H groups in total. The Morgan fingerprint density at radius 3 is 2.26 bits per heavy atom. The summed E-state index contributed by atoms with van der Waals surface area (Å²) in [5.74, 6) is 0.0419. The highest BCUT2D eigenvalue weighted by Gasteiger charge is 2.38. The van der Waals surface area contributed by atoms with Crippen molar-refractivity contribution >= 4 is 12.0 Å². The van der Waals surface area contributed by atoms with Crippen LogP contribution in [0.15, 0.2) is 30.3 Å². The van der Waals surface area contributed by atoms with Gasteiger partial charge in [0.05, 0.1) is 6.04 Å². The smallest absolute Gasteiger partial charge is 0.408 e. The van der Waals surface area contributed by atoms with E-state index >= 15 is 0 Å². The number of carbonyl (C=O) groups excluding carboxylic acids is 2. The van der Waals surface area contributed by atoms with Crippen molar-refractivity contribution < 1.29 is 14.3 Å². The minimum Gasteiger partial charge on any atom is -0.444 e. The summed E-state index contributed by atoms with van der Waals surface area (Å²) in [5.41, 5.74) is 0.457. The Morgan fingerprint density at radius 1 is 1.13 bits per heavy atom. The molecule has 0 spiro atoms. The molecule has 2 amide bonds. The van der Waals surface area contributed by atoms with E-state index in [-0.39, 0.29) is 17.9 Å². The van der Waals surface area contributed by atoms with Crippen molar-refractivity contribution in [3.63, 3.8) is 0 Å². The summed E-state index contributed by atoms with van der Waals surface area (Å²) in [6.45, 7) is 7.34. The molecular formula is C18H26N2O3. The lowest BCUT2D eigenvalue weighted by molar-refractivity contribution is -0.124. The summed E-state index contributed by atoms with van der Waals surface area (Å²) < 4.78 is 5.26. The van der Waals surface area contributed by atoms with E-state index in [9.17, 15) is 9.59 Å². The van der Waals surface area contributed by atoms with Gasteiger partial charge in [0.1, 0.15) is 11.6 Å². The zero-order valence-corrected chi connectivity index (χ0v) is 14.3. The van der Waals surface area contributed by atoms with Crippen LogP contribution in [0.2, 0.25) is 0 Å². The third-order valence-electron chi connectivity index (χ3n) is 3.71. The molecule has 1 aliphatic rings. The molecule has 0 radical (unpaired) electrons. The van der Waals surface area contributed by atoms with E-state index in [2.05, 4.69) is 10.6 Å². The van der Waals surface area contributed by atoms with E-state index in [1.165, 1.54) is 0 Å². The molecule has 1 saturated carbocycles. The molecule has 5 nitrogen and oxygen atoms in total. The summed E-state index contributed by atoms with van der Waals surface area (Å²) in [6.07, 6.45) is 1.36. The van der Waals surface area contributed by atoms with E-state index in [1.807, 2.05) is 37.3 Å². The number of amides is 2. The Labute approximate surface area is 137 Å². The zero-order valence-electron chi connectivity index (χ0n) is 14.3. The molecule has 0 saturated heterocycles. The fraction of sp³-hybridized carbons (Fsp3) is 0.556. The van der Waals surface area contributed by atoms with Gasteiger partial charge >= 0.3 is 6.09 Å². The summed E-state index contributed by atoms with van der Waals surface area (Å²) in [7, 11) is 0. The second-order valence-electron chi connectivity index (χ2n) is 7.10. The van der Waals surface area contributed by atoms with Crippen molar-refractivity contribution in [3.8, 4) is 0 Å². The van der Waals surface area contributed by atoms with Gasteiger partial charge in [-0.05, 0) is 52.0 Å². The van der Waals surface area contributed by atoms with E-state index in [1.54, 1.807) is 20.8 Å². The van der Waals surface area contributed by atoms with Crippen LogP contribution in [0, 0.1) is 5.92 Å². The van der Waals surface area contributed by atoms with Crippen LogP contribution >= 0.6 is 0 Å². The highest BCUT2D eigenvalue weighted by Crippen LogP contribution is 2.33. The van der Waals surface area contributed by atoms with Crippen LogP contribution < -0.4 is 10.6 Å². The maximum Gasteiger partial charge on any atom is 0.408 e. The Balaban J connectivity index is 1.95. The van der Waals surface area contributed by atoms with Crippen LogP contribution in [-0.2, 0) is 9.53 Å². The molecule has 1 aliphatic carbocycles. The fourth-order valence-electron chi connectivity index (χ4n) is 2.39. The second-order valence-corrected chi connectivity index (χ2v) is 7.10. The third-order valence-corrected chi connectivity index (χ3v) is 3.71. The highest BCUT2D eigenvalue weighted by atomic mass is 16.6. The van der Waals surface area contributed by atoms with Gasteiger partial charge in [0.2, 0.25) is 5.91 Å². The summed E-state index contributed by atoms with van der Waals surface area (Å²) in [6, 6.07) is 9.12. The molecule has 2 unspecified atom stereocenters. The van der Waals surface area contributed by atoms with Gasteiger partial charge in [-0.2, -0.15) is 0 Å². The minimum absolute atomic E-state index is 0.106. The predicted octanol–water partition coefficient (Wildman–Crippen LogP) is 3.17. The quantitative estimate of drug-likeness (QED) is 0.876. The molecule has 23 heavy (non-hydrogen) atoms. The molecule has 1 fully saturated rings. The van der Waals surface area contributed by atoms with Crippen LogP contribution in [0.25, 0.3) is 0 Å². The van der Waals surface area contributed by atoms with Crippen molar-refractivity contribution in [1.82, 2.24) is 10.6 Å². The standard InChI is InChI=1S/C18H26N2O3/c1-12(13-8-6-5-7-9-13)19-16(21)15(14-10-11-14)20-17(22)23-18(2,3)4/h5-9,12,14-15H,10-11H2,1-4H3,(H,19,21)(H,20,22). The Kier molecular flexibility index (Phi) is 5.29. The van der Waals surface area contributed by atoms with E-state index in [0.717, 1.165) is 18.4 Å². The number of benzene rings is 1. The van der Waals surface area contributed by atoms with Gasteiger partial charge in [0, 0.05) is 0 Å². The second kappa shape index (κ2) is 7.02. The number of carbonyl (C=O) groups is 2. The van der Waals surface area contributed by atoms with Gasteiger partial charge in [0.25, 0.3) is 0 Å². The van der Waals surface area contributed by atoms with Crippen molar-refractivity contribution in [2.75, 3.05) is 0 Å². The van der Waals surface area contributed by atoms with Crippen LogP contribution in [0.4, 0.5) is 4.79 Å². The number of ether oxygens (including phenoxy) is 1. The minimum atomic E-state index is -0.577. The van der Waals surface area contributed by atoms with Gasteiger partial charge < -0.3 is 15.4 Å². The van der Waals surface area contributed by atoms with Crippen LogP contribution in [0.1, 0.15) is 52.1 Å². The SMILES string of the molecule is CC(NC(=O)C(NC(=O)OC(C)(C)C)C1CC1)c1ccccc1. The highest BCUT2D eigenvalue weighted by molar-refractivity contribution is 5.86. The maximum absolute atomic E-state index is 12.5. The number of alkyl carbamates (subject to hydrolysis) is 1. The number of hydrogen-bond donors (Lipinski definition) is 2. The van der Waals surface area contributed by atoms with Gasteiger partial charge in [-0.1, -0.05) is 30.3 Å². The lowest BCUT2D eigenvalue weighted by atomic mass is 10.1. The van der Waals surface area contributed by atoms with E-state index in [4.69, 9.17) is 4.74 Å². The van der Waals surface area contributed by atoms with Crippen molar-refractivity contribution in [3.05, 3.63) is 35.9 Å². The molecule has 5 heteroatoms. The average molecular weight is 318 g/mol. The first-order valence-electron chi connectivity index (χ1n) is 8.11. The maximum atomic E-state index is 12.5. The fourth-order valence-corrected chi connectivity index (χ4v) is 2.39. The largest absolute Gasteiger partial charge is 0.444 e. The Bertz CT molecular complexity index is 547. The number of nitrogens with one attached hydrogen (secondary N) is 2. The number of rotatable bonds is 5. The lowest BCUT2D eigenvalue weighted by Crippen LogP contribution is -2.49. The summed E-state index contributed by atoms with van der Waals surface area (Å²) in [4.78, 5) is 24.5. The lowest BCUT2D eigenvalue weighted by Gasteiger charge is -2.24. The molecule has 0 aliphatic heterocycles. The summed E-state index contributed by atoms with van der Waals surface area (Å²) >= 11 is 0. The van der Waals surface area contributed by atoms with Crippen LogP contribution in [0.5, 0.6) is 0 Å². The van der Waals surface area contributed by atoms with E-state index < -0.39 is 17.7 Å². The first kappa shape index (κ1) is 17.3. The summed E-state index contributed by atoms with van der Waals surface area (Å²) in [5, 5.41) is 5.70. The molecular weight excluding hydrogens is 292 g/mol. The van der Waals surface area contributed by atoms with Gasteiger partial charge in [-0.15, -0.1) is 0 Å². The topological polar surface area (TPSA) is 67.4 Å². The van der Waals surface area contributed by atoms with E-state index in [0.29, 0.717) is 0 Å². The molecule has 0 heterocycles. The molecule has 2 rings (SSSR count).